The van der Waals surface area contributed by atoms with Crippen molar-refractivity contribution in [2.75, 3.05) is 0 Å². The zero-order valence-electron chi connectivity index (χ0n) is 17.9. The molecular formula is C25H22BNO4. The van der Waals surface area contributed by atoms with Gasteiger partial charge in [-0.05, 0) is 52.0 Å². The van der Waals surface area contributed by atoms with Gasteiger partial charge in [-0.1, -0.05) is 36.4 Å². The molecule has 1 aliphatic rings. The van der Waals surface area contributed by atoms with Crippen molar-refractivity contribution in [3.05, 3.63) is 60.7 Å². The topological polar surface area (TPSA) is 57.6 Å². The van der Waals surface area contributed by atoms with Gasteiger partial charge in [-0.3, -0.25) is 0 Å². The number of para-hydroxylation sites is 1. The van der Waals surface area contributed by atoms with Crippen molar-refractivity contribution in [2.45, 2.75) is 38.9 Å². The molecule has 0 atom stereocenters. The summed E-state index contributed by atoms with van der Waals surface area (Å²) in [5.74, 6) is 0.543. The molecule has 5 nitrogen and oxygen atoms in total. The summed E-state index contributed by atoms with van der Waals surface area (Å²) in [7, 11) is -0.567. The van der Waals surface area contributed by atoms with Crippen LogP contribution in [0.15, 0.2) is 69.5 Å². The molecule has 6 rings (SSSR count). The van der Waals surface area contributed by atoms with Crippen LogP contribution in [0.4, 0.5) is 0 Å². The first-order valence-electron chi connectivity index (χ1n) is 10.5. The lowest BCUT2D eigenvalue weighted by Crippen LogP contribution is -2.41. The summed E-state index contributed by atoms with van der Waals surface area (Å²) >= 11 is 0. The average molecular weight is 411 g/mol. The average Bonchev–Trinajstić information content (AvgIpc) is 3.40. The Morgan fingerprint density at radius 1 is 0.742 bits per heavy atom. The van der Waals surface area contributed by atoms with Gasteiger partial charge >= 0.3 is 7.12 Å². The Kier molecular flexibility index (Phi) is 3.74. The van der Waals surface area contributed by atoms with Crippen LogP contribution in [0.25, 0.3) is 44.5 Å². The van der Waals surface area contributed by atoms with Crippen molar-refractivity contribution in [3.63, 3.8) is 0 Å². The van der Waals surface area contributed by atoms with E-state index in [-0.39, 0.29) is 0 Å². The lowest BCUT2D eigenvalue weighted by molar-refractivity contribution is 0.00578. The van der Waals surface area contributed by atoms with Crippen LogP contribution in [0.1, 0.15) is 27.7 Å². The van der Waals surface area contributed by atoms with Crippen LogP contribution in [0, 0.1) is 0 Å². The van der Waals surface area contributed by atoms with Crippen LogP contribution >= 0.6 is 0 Å². The molecule has 3 heterocycles. The highest BCUT2D eigenvalue weighted by Crippen LogP contribution is 2.39. The molecule has 1 aliphatic heterocycles. The largest absolute Gasteiger partial charge is 0.498 e. The number of rotatable bonds is 2. The van der Waals surface area contributed by atoms with Gasteiger partial charge in [-0.15, -0.1) is 0 Å². The van der Waals surface area contributed by atoms with Gasteiger partial charge in [0.2, 0.25) is 5.89 Å². The molecule has 2 aromatic heterocycles. The second-order valence-corrected chi connectivity index (χ2v) is 9.09. The van der Waals surface area contributed by atoms with E-state index in [1.807, 2.05) is 76.2 Å². The summed E-state index contributed by atoms with van der Waals surface area (Å²) in [5.41, 5.74) is 3.64. The maximum absolute atomic E-state index is 6.37. The molecule has 1 fully saturated rings. The first kappa shape index (κ1) is 18.7. The van der Waals surface area contributed by atoms with E-state index in [1.165, 1.54) is 0 Å². The molecule has 3 aromatic carbocycles. The van der Waals surface area contributed by atoms with Gasteiger partial charge < -0.3 is 18.1 Å². The minimum atomic E-state index is -0.567. The number of hydrogen-bond acceptors (Lipinski definition) is 5. The van der Waals surface area contributed by atoms with Crippen LogP contribution in [-0.4, -0.2) is 23.3 Å². The fourth-order valence-corrected chi connectivity index (χ4v) is 4.12. The van der Waals surface area contributed by atoms with Crippen molar-refractivity contribution in [1.82, 2.24) is 4.98 Å². The first-order chi connectivity index (χ1) is 14.8. The third-order valence-corrected chi connectivity index (χ3v) is 6.57. The molecular weight excluding hydrogens is 389 g/mol. The van der Waals surface area contributed by atoms with Gasteiger partial charge in [0.05, 0.1) is 11.2 Å². The van der Waals surface area contributed by atoms with Gasteiger partial charge in [-0.25, -0.2) is 4.98 Å². The quantitative estimate of drug-likeness (QED) is 0.349. The number of aromatic nitrogens is 1. The van der Waals surface area contributed by atoms with E-state index in [0.717, 1.165) is 27.4 Å². The van der Waals surface area contributed by atoms with E-state index in [4.69, 9.17) is 23.1 Å². The molecule has 0 spiro atoms. The van der Waals surface area contributed by atoms with E-state index in [1.54, 1.807) is 0 Å². The number of furan rings is 1. The Morgan fingerprint density at radius 3 is 2.16 bits per heavy atom. The smallest absolute Gasteiger partial charge is 0.454 e. The second-order valence-electron chi connectivity index (χ2n) is 9.09. The number of nitrogens with zero attached hydrogens (tertiary/aromatic N) is 1. The van der Waals surface area contributed by atoms with Crippen LogP contribution in [0.5, 0.6) is 0 Å². The van der Waals surface area contributed by atoms with E-state index >= 15 is 0 Å². The predicted molar refractivity (Wildman–Crippen MR) is 122 cm³/mol. The van der Waals surface area contributed by atoms with Crippen molar-refractivity contribution in [2.24, 2.45) is 0 Å². The van der Waals surface area contributed by atoms with Crippen molar-refractivity contribution in [3.8, 4) is 11.5 Å². The monoisotopic (exact) mass is 411 g/mol. The Bertz CT molecular complexity index is 1430. The van der Waals surface area contributed by atoms with Gasteiger partial charge in [0.15, 0.2) is 16.7 Å². The Labute approximate surface area is 180 Å². The molecule has 0 saturated carbocycles. The highest BCUT2D eigenvalue weighted by molar-refractivity contribution is 6.65. The normalized spacial score (nSPS) is 17.9. The molecule has 6 heteroatoms. The van der Waals surface area contributed by atoms with E-state index in [9.17, 15) is 0 Å². The summed E-state index contributed by atoms with van der Waals surface area (Å²) in [6, 6.07) is 19.9. The van der Waals surface area contributed by atoms with Crippen LogP contribution < -0.4 is 5.46 Å². The molecule has 0 N–H and O–H groups in total. The molecule has 31 heavy (non-hydrogen) atoms. The van der Waals surface area contributed by atoms with Crippen LogP contribution in [0.3, 0.4) is 0 Å². The van der Waals surface area contributed by atoms with Crippen LogP contribution in [-0.2, 0) is 9.31 Å². The van der Waals surface area contributed by atoms with Crippen molar-refractivity contribution in [1.29, 1.82) is 0 Å². The summed E-state index contributed by atoms with van der Waals surface area (Å²) in [5, 5.41) is 2.00. The van der Waals surface area contributed by atoms with Gasteiger partial charge in [0.1, 0.15) is 5.58 Å². The molecule has 154 valence electrons. The minimum Gasteiger partial charge on any atom is -0.454 e. The maximum atomic E-state index is 6.37. The molecule has 0 radical (unpaired) electrons. The maximum Gasteiger partial charge on any atom is 0.498 e. The fraction of sp³-hybridized carbons (Fsp3) is 0.240. The first-order valence-corrected chi connectivity index (χ1v) is 10.5. The zero-order chi connectivity index (χ0) is 21.4. The molecule has 0 aliphatic carbocycles. The lowest BCUT2D eigenvalue weighted by atomic mass is 9.77. The molecule has 0 unspecified atom stereocenters. The summed E-state index contributed by atoms with van der Waals surface area (Å²) in [6.45, 7) is 8.19. The van der Waals surface area contributed by atoms with Gasteiger partial charge in [0, 0.05) is 21.8 Å². The summed E-state index contributed by atoms with van der Waals surface area (Å²) in [4.78, 5) is 4.84. The highest BCUT2D eigenvalue weighted by Gasteiger charge is 2.52. The Morgan fingerprint density at radius 2 is 1.42 bits per heavy atom. The Hall–Kier alpha value is -3.09. The number of oxazole rings is 1. The minimum absolute atomic E-state index is 0.459. The molecule has 0 bridgehead atoms. The van der Waals surface area contributed by atoms with Crippen LogP contribution in [0.2, 0.25) is 0 Å². The van der Waals surface area contributed by atoms with E-state index < -0.39 is 18.3 Å². The molecule has 0 amide bonds. The molecule has 5 aromatic rings. The SMILES string of the molecule is CC1(C)OB(c2cc3c4ccccc4oc3c3nc(-c4ccccc4)oc23)OC1(C)C. The summed E-state index contributed by atoms with van der Waals surface area (Å²) < 4.78 is 25.3. The van der Waals surface area contributed by atoms with E-state index in [2.05, 4.69) is 12.1 Å². The van der Waals surface area contributed by atoms with Gasteiger partial charge in [0.25, 0.3) is 0 Å². The predicted octanol–water partition coefficient (Wildman–Crippen LogP) is 5.69. The van der Waals surface area contributed by atoms with Crippen molar-refractivity contribution < 1.29 is 18.1 Å². The second kappa shape index (κ2) is 6.22. The van der Waals surface area contributed by atoms with Crippen molar-refractivity contribution >= 4 is 45.6 Å². The highest BCUT2D eigenvalue weighted by atomic mass is 16.7. The third kappa shape index (κ3) is 2.68. The zero-order valence-corrected chi connectivity index (χ0v) is 17.9. The van der Waals surface area contributed by atoms with E-state index in [0.29, 0.717) is 22.6 Å². The number of benzene rings is 3. The fourth-order valence-electron chi connectivity index (χ4n) is 4.12. The lowest BCUT2D eigenvalue weighted by Gasteiger charge is -2.32. The van der Waals surface area contributed by atoms with Gasteiger partial charge in [-0.2, -0.15) is 0 Å². The number of hydrogen-bond donors (Lipinski definition) is 0. The number of fused-ring (bicyclic) bond motifs is 5. The standard InChI is InChI=1S/C25H22BNO4/c1-24(2)25(3,4)31-26(30-24)18-14-17-16-12-8-9-13-19(16)28-21(17)20-22(18)29-23(27-20)15-10-6-5-7-11-15/h5-14H,1-4H3. The summed E-state index contributed by atoms with van der Waals surface area (Å²) in [6.07, 6.45) is 0. The Balaban J connectivity index is 1.66. The molecule has 1 saturated heterocycles. The third-order valence-electron chi connectivity index (χ3n) is 6.57.